The summed E-state index contributed by atoms with van der Waals surface area (Å²) in [4.78, 5) is 2.37. The van der Waals surface area contributed by atoms with Crippen LogP contribution in [0.15, 0.2) is 115 Å². The molecule has 0 fully saturated rings. The molecule has 0 aliphatic carbocycles. The molecule has 4 aromatic rings. The molecule has 0 aliphatic heterocycles. The smallest absolute Gasteiger partial charge is 0.0231 e. The molecule has 0 saturated carbocycles. The van der Waals surface area contributed by atoms with Gasteiger partial charge in [0.15, 0.2) is 0 Å². The number of hydrogen-bond donors (Lipinski definition) is 1. The van der Waals surface area contributed by atoms with Crippen molar-refractivity contribution in [2.24, 2.45) is 0 Å². The van der Waals surface area contributed by atoms with Crippen molar-refractivity contribution in [3.05, 3.63) is 132 Å². The minimum absolute atomic E-state index is 0.394. The fraction of sp³-hybridized carbons (Fsp3) is 0.226. The minimum atomic E-state index is 0.394. The van der Waals surface area contributed by atoms with Gasteiger partial charge in [-0.25, -0.2) is 0 Å². The summed E-state index contributed by atoms with van der Waals surface area (Å²) >= 11 is 0. The summed E-state index contributed by atoms with van der Waals surface area (Å²) in [6.45, 7) is 4.02. The molecular formula is C31H34N2. The molecule has 0 aliphatic rings. The molecule has 0 bridgehead atoms. The van der Waals surface area contributed by atoms with E-state index >= 15 is 0 Å². The van der Waals surface area contributed by atoms with Crippen molar-refractivity contribution in [2.75, 3.05) is 26.7 Å². The van der Waals surface area contributed by atoms with E-state index in [0.29, 0.717) is 5.92 Å². The molecule has 0 heterocycles. The SMILES string of the molecule is CN(CCNCCC(c1ccccc1)c1ccc(-c2ccccc2)cc1)Cc1ccccc1. The molecule has 0 spiro atoms. The summed E-state index contributed by atoms with van der Waals surface area (Å²) < 4.78 is 0. The van der Waals surface area contributed by atoms with Crippen molar-refractivity contribution in [3.63, 3.8) is 0 Å². The summed E-state index contributed by atoms with van der Waals surface area (Å²) in [6, 6.07) is 41.3. The molecule has 1 atom stereocenters. The van der Waals surface area contributed by atoms with Gasteiger partial charge in [0.1, 0.15) is 0 Å². The monoisotopic (exact) mass is 434 g/mol. The first-order valence-electron chi connectivity index (χ1n) is 11.9. The molecule has 0 saturated heterocycles. The fourth-order valence-electron chi connectivity index (χ4n) is 4.37. The Morgan fingerprint density at radius 1 is 0.606 bits per heavy atom. The number of nitrogens with zero attached hydrogens (tertiary/aromatic N) is 1. The van der Waals surface area contributed by atoms with Gasteiger partial charge in [-0.1, -0.05) is 115 Å². The van der Waals surface area contributed by atoms with Gasteiger partial charge in [-0.05, 0) is 47.8 Å². The summed E-state index contributed by atoms with van der Waals surface area (Å²) in [6.07, 6.45) is 1.08. The summed E-state index contributed by atoms with van der Waals surface area (Å²) in [5, 5.41) is 3.67. The van der Waals surface area contributed by atoms with E-state index in [0.717, 1.165) is 32.6 Å². The lowest BCUT2D eigenvalue weighted by Gasteiger charge is -2.20. The molecule has 0 radical (unpaired) electrons. The molecule has 168 valence electrons. The van der Waals surface area contributed by atoms with Gasteiger partial charge in [-0.15, -0.1) is 0 Å². The molecule has 33 heavy (non-hydrogen) atoms. The number of rotatable bonds is 11. The maximum absolute atomic E-state index is 3.67. The summed E-state index contributed by atoms with van der Waals surface area (Å²) in [5.41, 5.74) is 6.66. The third kappa shape index (κ3) is 6.89. The number of benzene rings is 4. The van der Waals surface area contributed by atoms with Gasteiger partial charge in [0, 0.05) is 25.6 Å². The second-order valence-corrected chi connectivity index (χ2v) is 8.71. The van der Waals surface area contributed by atoms with Crippen molar-refractivity contribution in [2.45, 2.75) is 18.9 Å². The first-order chi connectivity index (χ1) is 16.3. The standard InChI is InChI=1S/C31H34N2/c1-33(25-26-11-5-2-6-12-26)24-23-32-22-21-31(29-15-9-4-10-16-29)30-19-17-28(18-20-30)27-13-7-3-8-14-27/h2-20,31-32H,21-25H2,1H3. The molecule has 1 N–H and O–H groups in total. The van der Waals surface area contributed by atoms with Crippen LogP contribution < -0.4 is 5.32 Å². The first-order valence-corrected chi connectivity index (χ1v) is 11.9. The highest BCUT2D eigenvalue weighted by Crippen LogP contribution is 2.29. The zero-order chi connectivity index (χ0) is 22.7. The number of nitrogens with one attached hydrogen (secondary N) is 1. The van der Waals surface area contributed by atoms with E-state index in [1.54, 1.807) is 0 Å². The normalized spacial score (nSPS) is 12.1. The van der Waals surface area contributed by atoms with Crippen LogP contribution in [0.4, 0.5) is 0 Å². The molecule has 1 unspecified atom stereocenters. The third-order valence-corrected chi connectivity index (χ3v) is 6.20. The van der Waals surface area contributed by atoms with E-state index < -0.39 is 0 Å². The van der Waals surface area contributed by atoms with Crippen molar-refractivity contribution in [3.8, 4) is 11.1 Å². The van der Waals surface area contributed by atoms with E-state index in [1.807, 2.05) is 0 Å². The van der Waals surface area contributed by atoms with Crippen LogP contribution in [0.3, 0.4) is 0 Å². The van der Waals surface area contributed by atoms with Crippen LogP contribution >= 0.6 is 0 Å². The maximum Gasteiger partial charge on any atom is 0.0231 e. The van der Waals surface area contributed by atoms with Gasteiger partial charge < -0.3 is 10.2 Å². The zero-order valence-electron chi connectivity index (χ0n) is 19.5. The van der Waals surface area contributed by atoms with E-state index in [9.17, 15) is 0 Å². The maximum atomic E-state index is 3.67. The molecule has 0 amide bonds. The van der Waals surface area contributed by atoms with E-state index in [4.69, 9.17) is 0 Å². The van der Waals surface area contributed by atoms with E-state index in [1.165, 1.54) is 27.8 Å². The molecule has 2 heteroatoms. The van der Waals surface area contributed by atoms with Crippen molar-refractivity contribution in [1.82, 2.24) is 10.2 Å². The summed E-state index contributed by atoms with van der Waals surface area (Å²) in [7, 11) is 2.19. The second-order valence-electron chi connectivity index (χ2n) is 8.71. The highest BCUT2D eigenvalue weighted by molar-refractivity contribution is 5.63. The van der Waals surface area contributed by atoms with Crippen molar-refractivity contribution >= 4 is 0 Å². The van der Waals surface area contributed by atoms with Crippen LogP contribution in [0, 0.1) is 0 Å². The Bertz CT molecular complexity index is 1060. The zero-order valence-corrected chi connectivity index (χ0v) is 19.5. The van der Waals surface area contributed by atoms with E-state index in [2.05, 4.69) is 133 Å². The molecule has 0 aromatic heterocycles. The predicted molar refractivity (Wildman–Crippen MR) is 140 cm³/mol. The molecular weight excluding hydrogens is 400 g/mol. The number of likely N-dealkylation sites (N-methyl/N-ethyl adjacent to an activating group) is 1. The van der Waals surface area contributed by atoms with Gasteiger partial charge in [-0.3, -0.25) is 0 Å². The van der Waals surface area contributed by atoms with Crippen LogP contribution in [0.1, 0.15) is 29.0 Å². The van der Waals surface area contributed by atoms with Crippen LogP contribution in [0.2, 0.25) is 0 Å². The Kier molecular flexibility index (Phi) is 8.46. The average molecular weight is 435 g/mol. The van der Waals surface area contributed by atoms with Crippen LogP contribution in [0.5, 0.6) is 0 Å². The lowest BCUT2D eigenvalue weighted by molar-refractivity contribution is 0.324. The van der Waals surface area contributed by atoms with Gasteiger partial charge in [0.05, 0.1) is 0 Å². The topological polar surface area (TPSA) is 15.3 Å². The average Bonchev–Trinajstić information content (AvgIpc) is 2.88. The van der Waals surface area contributed by atoms with Crippen LogP contribution in [-0.4, -0.2) is 31.6 Å². The largest absolute Gasteiger partial charge is 0.315 e. The molecule has 4 rings (SSSR count). The minimum Gasteiger partial charge on any atom is -0.315 e. The Hall–Kier alpha value is -3.20. The van der Waals surface area contributed by atoms with Gasteiger partial charge in [0.2, 0.25) is 0 Å². The van der Waals surface area contributed by atoms with Gasteiger partial charge in [0.25, 0.3) is 0 Å². The molecule has 2 nitrogen and oxygen atoms in total. The van der Waals surface area contributed by atoms with Crippen molar-refractivity contribution < 1.29 is 0 Å². The lowest BCUT2D eigenvalue weighted by atomic mass is 9.87. The fourth-order valence-corrected chi connectivity index (χ4v) is 4.37. The van der Waals surface area contributed by atoms with Crippen molar-refractivity contribution in [1.29, 1.82) is 0 Å². The Morgan fingerprint density at radius 2 is 1.15 bits per heavy atom. The number of hydrogen-bond acceptors (Lipinski definition) is 2. The Balaban J connectivity index is 1.33. The van der Waals surface area contributed by atoms with Crippen LogP contribution in [0.25, 0.3) is 11.1 Å². The second kappa shape index (κ2) is 12.2. The quantitative estimate of drug-likeness (QED) is 0.268. The highest BCUT2D eigenvalue weighted by atomic mass is 15.1. The Labute approximate surface area is 198 Å². The van der Waals surface area contributed by atoms with E-state index in [-0.39, 0.29) is 0 Å². The first kappa shape index (κ1) is 23.0. The Morgan fingerprint density at radius 3 is 1.82 bits per heavy atom. The predicted octanol–water partition coefficient (Wildman–Crippen LogP) is 6.60. The van der Waals surface area contributed by atoms with Crippen LogP contribution in [-0.2, 0) is 6.54 Å². The molecule has 4 aromatic carbocycles. The van der Waals surface area contributed by atoms with Gasteiger partial charge >= 0.3 is 0 Å². The summed E-state index contributed by atoms with van der Waals surface area (Å²) in [5.74, 6) is 0.394. The lowest BCUT2D eigenvalue weighted by Crippen LogP contribution is -2.30. The van der Waals surface area contributed by atoms with Gasteiger partial charge in [-0.2, -0.15) is 0 Å². The third-order valence-electron chi connectivity index (χ3n) is 6.20. The highest BCUT2D eigenvalue weighted by Gasteiger charge is 2.14.